The maximum absolute atomic E-state index is 13.1. The lowest BCUT2D eigenvalue weighted by molar-refractivity contribution is -0.133. The van der Waals surface area contributed by atoms with E-state index < -0.39 is 5.97 Å². The Morgan fingerprint density at radius 1 is 0.444 bits per heavy atom. The number of aliphatic carboxylic acids is 1. The summed E-state index contributed by atoms with van der Waals surface area (Å²) in [7, 11) is 0. The first kappa shape index (κ1) is 29.8. The molecule has 2 heteroatoms. The molecule has 0 atom stereocenters. The summed E-state index contributed by atoms with van der Waals surface area (Å²) in [4.78, 5) is 13.1. The number of carboxylic acid groups (broad SMARTS) is 1. The van der Waals surface area contributed by atoms with Crippen LogP contribution < -0.4 is 0 Å². The molecule has 0 spiro atoms. The maximum atomic E-state index is 13.1. The van der Waals surface area contributed by atoms with E-state index in [2.05, 4.69) is 0 Å². The smallest absolute Gasteiger partial charge is 0.331 e. The summed E-state index contributed by atoms with van der Waals surface area (Å²) in [5, 5.41) is 10.8. The van der Waals surface area contributed by atoms with Crippen LogP contribution in [0.4, 0.5) is 0 Å². The molecule has 3 fully saturated rings. The van der Waals surface area contributed by atoms with Crippen molar-refractivity contribution >= 4 is 5.97 Å². The van der Waals surface area contributed by atoms with Gasteiger partial charge in [0.25, 0.3) is 0 Å². The zero-order valence-corrected chi connectivity index (χ0v) is 23.9. The van der Waals surface area contributed by atoms with Crippen molar-refractivity contribution in [1.82, 2.24) is 0 Å². The quantitative estimate of drug-likeness (QED) is 0.381. The Morgan fingerprint density at radius 3 is 1.03 bits per heavy atom. The molecule has 0 bridgehead atoms. The highest BCUT2D eigenvalue weighted by molar-refractivity contribution is 5.87. The largest absolute Gasteiger partial charge is 0.478 e. The van der Waals surface area contributed by atoms with E-state index in [1.54, 1.807) is 0 Å². The molecule has 1 N–H and O–H groups in total. The normalized spacial score (nSPS) is 24.4. The molecular weight excluding hydrogens is 440 g/mol. The molecule has 3 aliphatic rings. The minimum atomic E-state index is -0.559. The SMILES string of the molecule is O=C(O)C(CC1CCCCCCCCC1)=C(C1CCCCCCCCC1)C1CCCCCCCCC1. The molecule has 0 heterocycles. The second-order valence-corrected chi connectivity index (χ2v) is 12.9. The summed E-state index contributed by atoms with van der Waals surface area (Å²) in [5.41, 5.74) is 2.38. The van der Waals surface area contributed by atoms with Gasteiger partial charge in [0.15, 0.2) is 0 Å². The van der Waals surface area contributed by atoms with Crippen molar-refractivity contribution in [1.29, 1.82) is 0 Å². The van der Waals surface area contributed by atoms with Crippen LogP contribution >= 0.6 is 0 Å². The fourth-order valence-corrected chi connectivity index (χ4v) is 7.78. The van der Waals surface area contributed by atoms with Gasteiger partial charge in [0.1, 0.15) is 0 Å². The predicted octanol–water partition coefficient (Wildman–Crippen LogP) is 11.2. The summed E-state index contributed by atoms with van der Waals surface area (Å²) in [6.07, 6.45) is 36.7. The standard InChI is InChI=1S/C34H60O2/c35-34(36)32(28-29-22-16-10-4-1-5-11-17-23-29)33(30-24-18-12-6-2-7-13-19-25-30)31-26-20-14-8-3-9-15-21-27-31/h29-31H,1-28H2,(H,35,36). The fraction of sp³-hybridized carbons (Fsp3) is 0.912. The Labute approximate surface area is 224 Å². The second-order valence-electron chi connectivity index (χ2n) is 12.9. The monoisotopic (exact) mass is 500 g/mol. The first-order chi connectivity index (χ1) is 17.8. The fourth-order valence-electron chi connectivity index (χ4n) is 7.78. The lowest BCUT2D eigenvalue weighted by Gasteiger charge is -2.32. The number of allylic oxidation sites excluding steroid dienone is 1. The van der Waals surface area contributed by atoms with Gasteiger partial charge in [-0.05, 0) is 49.9 Å². The van der Waals surface area contributed by atoms with E-state index in [-0.39, 0.29) is 0 Å². The summed E-state index contributed by atoms with van der Waals surface area (Å²) in [6, 6.07) is 0. The maximum Gasteiger partial charge on any atom is 0.331 e. The molecule has 0 unspecified atom stereocenters. The van der Waals surface area contributed by atoms with Gasteiger partial charge in [-0.25, -0.2) is 4.79 Å². The van der Waals surface area contributed by atoms with Crippen LogP contribution in [0, 0.1) is 17.8 Å². The van der Waals surface area contributed by atoms with E-state index in [1.807, 2.05) is 0 Å². The minimum absolute atomic E-state index is 0.529. The van der Waals surface area contributed by atoms with Gasteiger partial charge in [0.2, 0.25) is 0 Å². The summed E-state index contributed by atoms with van der Waals surface area (Å²) < 4.78 is 0. The first-order valence-corrected chi connectivity index (χ1v) is 16.7. The number of hydrogen-bond acceptors (Lipinski definition) is 1. The molecule has 0 amide bonds. The molecule has 208 valence electrons. The van der Waals surface area contributed by atoms with Crippen LogP contribution in [-0.2, 0) is 4.79 Å². The number of hydrogen-bond donors (Lipinski definition) is 1. The van der Waals surface area contributed by atoms with E-state index in [1.165, 1.54) is 179 Å². The van der Waals surface area contributed by atoms with Crippen LogP contribution in [0.1, 0.15) is 180 Å². The molecule has 2 nitrogen and oxygen atoms in total. The van der Waals surface area contributed by atoms with Gasteiger partial charge >= 0.3 is 5.97 Å². The molecule has 0 saturated heterocycles. The molecule has 0 aromatic heterocycles. The van der Waals surface area contributed by atoms with E-state index in [4.69, 9.17) is 0 Å². The number of carboxylic acids is 1. The molecule has 0 radical (unpaired) electrons. The van der Waals surface area contributed by atoms with Crippen LogP contribution in [-0.4, -0.2) is 11.1 Å². The molecule has 0 aliphatic heterocycles. The van der Waals surface area contributed by atoms with Gasteiger partial charge in [-0.1, -0.05) is 153 Å². The van der Waals surface area contributed by atoms with Crippen molar-refractivity contribution < 1.29 is 9.90 Å². The Morgan fingerprint density at radius 2 is 0.722 bits per heavy atom. The highest BCUT2D eigenvalue weighted by Gasteiger charge is 2.30. The Hall–Kier alpha value is -0.790. The average Bonchev–Trinajstić information content (AvgIpc) is 2.89. The lowest BCUT2D eigenvalue weighted by atomic mass is 9.73. The Kier molecular flexibility index (Phi) is 15.3. The second kappa shape index (κ2) is 18.5. The van der Waals surface area contributed by atoms with Gasteiger partial charge in [-0.3, -0.25) is 0 Å². The third-order valence-electron chi connectivity index (χ3n) is 9.91. The van der Waals surface area contributed by atoms with Crippen molar-refractivity contribution in [2.24, 2.45) is 17.8 Å². The average molecular weight is 501 g/mol. The van der Waals surface area contributed by atoms with Crippen molar-refractivity contribution in [3.05, 3.63) is 11.1 Å². The Balaban J connectivity index is 1.89. The Bertz CT molecular complexity index is 563. The summed E-state index contributed by atoms with van der Waals surface area (Å²) in [5.74, 6) is 1.09. The molecular formula is C34H60O2. The van der Waals surface area contributed by atoms with Crippen LogP contribution in [0.15, 0.2) is 11.1 Å². The van der Waals surface area contributed by atoms with Crippen LogP contribution in [0.3, 0.4) is 0 Å². The van der Waals surface area contributed by atoms with E-state index in [0.717, 1.165) is 12.0 Å². The minimum Gasteiger partial charge on any atom is -0.478 e. The zero-order valence-electron chi connectivity index (χ0n) is 23.9. The van der Waals surface area contributed by atoms with E-state index in [0.29, 0.717) is 17.8 Å². The molecule has 3 aliphatic carbocycles. The number of carbonyl (C=O) groups is 1. The highest BCUT2D eigenvalue weighted by Crippen LogP contribution is 2.41. The summed E-state index contributed by atoms with van der Waals surface area (Å²) >= 11 is 0. The molecule has 3 rings (SSSR count). The van der Waals surface area contributed by atoms with Gasteiger partial charge in [0.05, 0.1) is 0 Å². The van der Waals surface area contributed by atoms with Crippen LogP contribution in [0.25, 0.3) is 0 Å². The molecule has 3 saturated carbocycles. The van der Waals surface area contributed by atoms with Gasteiger partial charge in [0, 0.05) is 5.57 Å². The van der Waals surface area contributed by atoms with Crippen LogP contribution in [0.2, 0.25) is 0 Å². The van der Waals surface area contributed by atoms with E-state index in [9.17, 15) is 9.90 Å². The van der Waals surface area contributed by atoms with Gasteiger partial charge < -0.3 is 5.11 Å². The van der Waals surface area contributed by atoms with Crippen LogP contribution in [0.5, 0.6) is 0 Å². The summed E-state index contributed by atoms with van der Waals surface area (Å²) in [6.45, 7) is 0. The molecule has 0 aromatic carbocycles. The topological polar surface area (TPSA) is 37.3 Å². The molecule has 0 aromatic rings. The van der Waals surface area contributed by atoms with Crippen molar-refractivity contribution in [2.45, 2.75) is 180 Å². The lowest BCUT2D eigenvalue weighted by Crippen LogP contribution is -2.22. The highest BCUT2D eigenvalue weighted by atomic mass is 16.4. The number of rotatable bonds is 5. The van der Waals surface area contributed by atoms with Crippen molar-refractivity contribution in [3.8, 4) is 0 Å². The van der Waals surface area contributed by atoms with Gasteiger partial charge in [-0.15, -0.1) is 0 Å². The van der Waals surface area contributed by atoms with E-state index >= 15 is 0 Å². The zero-order chi connectivity index (χ0) is 25.3. The van der Waals surface area contributed by atoms with Gasteiger partial charge in [-0.2, -0.15) is 0 Å². The van der Waals surface area contributed by atoms with Crippen molar-refractivity contribution in [3.63, 3.8) is 0 Å². The van der Waals surface area contributed by atoms with Crippen molar-refractivity contribution in [2.75, 3.05) is 0 Å². The molecule has 36 heavy (non-hydrogen) atoms. The third kappa shape index (κ3) is 11.3. The first-order valence-electron chi connectivity index (χ1n) is 16.7. The predicted molar refractivity (Wildman–Crippen MR) is 154 cm³/mol. The third-order valence-corrected chi connectivity index (χ3v) is 9.91.